The van der Waals surface area contributed by atoms with Crippen molar-refractivity contribution in [2.24, 2.45) is 0 Å². The average Bonchev–Trinajstić information content (AvgIpc) is 2.88. The highest BCUT2D eigenvalue weighted by atomic mass is 79.9. The van der Waals surface area contributed by atoms with E-state index in [1.165, 1.54) is 0 Å². The highest BCUT2D eigenvalue weighted by Crippen LogP contribution is 2.27. The second-order valence-electron chi connectivity index (χ2n) is 4.75. The topological polar surface area (TPSA) is 71.7 Å². The summed E-state index contributed by atoms with van der Waals surface area (Å²) in [5.41, 5.74) is 0.376. The molecule has 2 aromatic heterocycles. The summed E-state index contributed by atoms with van der Waals surface area (Å²) < 4.78 is 7.97. The van der Waals surface area contributed by atoms with Gasteiger partial charge in [0.15, 0.2) is 11.5 Å². The molecule has 6 nitrogen and oxygen atoms in total. The lowest BCUT2D eigenvalue weighted by molar-refractivity contribution is 0.0379. The van der Waals surface area contributed by atoms with Crippen molar-refractivity contribution < 1.29 is 9.84 Å². The molecule has 0 aliphatic carbocycles. The van der Waals surface area contributed by atoms with E-state index < -0.39 is 0 Å². The predicted octanol–water partition coefficient (Wildman–Crippen LogP) is 1.45. The molecule has 2 N–H and O–H groups in total. The Morgan fingerprint density at radius 3 is 3.00 bits per heavy atom. The van der Waals surface area contributed by atoms with Crippen molar-refractivity contribution in [3.05, 3.63) is 23.2 Å². The molecular weight excluding hydrogens is 312 g/mol. The van der Waals surface area contributed by atoms with E-state index in [1.807, 2.05) is 16.8 Å². The van der Waals surface area contributed by atoms with Crippen LogP contribution in [0.4, 0.5) is 5.82 Å². The van der Waals surface area contributed by atoms with Gasteiger partial charge >= 0.3 is 0 Å². The fraction of sp³-hybridized carbons (Fsp3) is 0.500. The Hall–Kier alpha value is -1.18. The molecule has 19 heavy (non-hydrogen) atoms. The zero-order valence-electron chi connectivity index (χ0n) is 10.3. The quantitative estimate of drug-likeness (QED) is 0.893. The van der Waals surface area contributed by atoms with Crippen molar-refractivity contribution in [3.8, 4) is 0 Å². The van der Waals surface area contributed by atoms with E-state index in [2.05, 4.69) is 31.2 Å². The van der Waals surface area contributed by atoms with Gasteiger partial charge in [-0.05, 0) is 28.8 Å². The number of nitrogens with one attached hydrogen (secondary N) is 1. The Labute approximate surface area is 118 Å². The summed E-state index contributed by atoms with van der Waals surface area (Å²) in [7, 11) is 0. The zero-order valence-corrected chi connectivity index (χ0v) is 11.9. The van der Waals surface area contributed by atoms with Crippen molar-refractivity contribution in [1.82, 2.24) is 14.4 Å². The molecule has 0 radical (unpaired) electrons. The zero-order chi connectivity index (χ0) is 13.3. The van der Waals surface area contributed by atoms with Crippen LogP contribution in [0.1, 0.15) is 12.8 Å². The van der Waals surface area contributed by atoms with Gasteiger partial charge in [-0.25, -0.2) is 9.97 Å². The molecule has 0 spiro atoms. The van der Waals surface area contributed by atoms with Crippen LogP contribution in [-0.4, -0.2) is 44.8 Å². The van der Waals surface area contributed by atoms with Crippen LogP contribution < -0.4 is 5.32 Å². The molecule has 1 fully saturated rings. The summed E-state index contributed by atoms with van der Waals surface area (Å²) in [6.07, 6.45) is 6.95. The monoisotopic (exact) mass is 326 g/mol. The molecule has 1 aliphatic rings. The number of ether oxygens (including phenoxy) is 1. The number of rotatable bonds is 3. The van der Waals surface area contributed by atoms with Gasteiger partial charge in [-0.1, -0.05) is 0 Å². The number of imidazole rings is 1. The van der Waals surface area contributed by atoms with E-state index in [0.717, 1.165) is 23.1 Å². The SMILES string of the molecule is OCC1(Nc2nc(Br)cn3ccnc23)CCOCC1. The lowest BCUT2D eigenvalue weighted by atomic mass is 9.91. The molecule has 0 unspecified atom stereocenters. The number of fused-ring (bicyclic) bond motifs is 1. The molecule has 0 amide bonds. The molecule has 1 saturated heterocycles. The van der Waals surface area contributed by atoms with Crippen molar-refractivity contribution in [2.45, 2.75) is 18.4 Å². The van der Waals surface area contributed by atoms with Gasteiger partial charge in [0.25, 0.3) is 0 Å². The number of hydrogen-bond donors (Lipinski definition) is 2. The van der Waals surface area contributed by atoms with Crippen LogP contribution in [0.3, 0.4) is 0 Å². The number of nitrogens with zero attached hydrogens (tertiary/aromatic N) is 3. The number of anilines is 1. The van der Waals surface area contributed by atoms with Crippen LogP contribution in [0.2, 0.25) is 0 Å². The van der Waals surface area contributed by atoms with Gasteiger partial charge in [0, 0.05) is 31.8 Å². The summed E-state index contributed by atoms with van der Waals surface area (Å²) in [5.74, 6) is 0.676. The fourth-order valence-electron chi connectivity index (χ4n) is 2.32. The van der Waals surface area contributed by atoms with Gasteiger partial charge in [-0.15, -0.1) is 0 Å². The second kappa shape index (κ2) is 5.07. The van der Waals surface area contributed by atoms with Crippen LogP contribution in [0.15, 0.2) is 23.2 Å². The maximum atomic E-state index is 9.71. The first-order valence-electron chi connectivity index (χ1n) is 6.18. The number of aliphatic hydroxyl groups excluding tert-OH is 1. The Kier molecular flexibility index (Phi) is 3.42. The third-order valence-electron chi connectivity index (χ3n) is 3.48. The first-order chi connectivity index (χ1) is 9.22. The standard InChI is InChI=1S/C12H15BrN4O2/c13-9-7-17-4-3-14-11(17)10(15-9)16-12(8-18)1-5-19-6-2-12/h3-4,7,18H,1-2,5-6,8H2,(H,15,16). The molecule has 0 aromatic carbocycles. The Balaban J connectivity index is 1.97. The van der Waals surface area contributed by atoms with E-state index in [4.69, 9.17) is 4.74 Å². The first-order valence-corrected chi connectivity index (χ1v) is 6.98. The molecule has 0 bridgehead atoms. The van der Waals surface area contributed by atoms with Crippen LogP contribution in [-0.2, 0) is 4.74 Å². The third-order valence-corrected chi connectivity index (χ3v) is 3.86. The lowest BCUT2D eigenvalue weighted by Crippen LogP contribution is -2.47. The van der Waals surface area contributed by atoms with E-state index >= 15 is 0 Å². The predicted molar refractivity (Wildman–Crippen MR) is 74.2 cm³/mol. The number of halogens is 1. The number of aliphatic hydroxyl groups is 1. The summed E-state index contributed by atoms with van der Waals surface area (Å²) >= 11 is 3.39. The Morgan fingerprint density at radius 1 is 1.47 bits per heavy atom. The van der Waals surface area contributed by atoms with Crippen molar-refractivity contribution in [3.63, 3.8) is 0 Å². The average molecular weight is 327 g/mol. The van der Waals surface area contributed by atoms with Gasteiger partial charge in [0.05, 0.1) is 12.1 Å². The van der Waals surface area contributed by atoms with E-state index in [0.29, 0.717) is 19.0 Å². The fourth-order valence-corrected chi connectivity index (χ4v) is 2.72. The van der Waals surface area contributed by atoms with Crippen molar-refractivity contribution in [2.75, 3.05) is 25.1 Å². The highest BCUT2D eigenvalue weighted by Gasteiger charge is 2.33. The second-order valence-corrected chi connectivity index (χ2v) is 5.56. The summed E-state index contributed by atoms with van der Waals surface area (Å²) in [6.45, 7) is 1.34. The van der Waals surface area contributed by atoms with E-state index in [9.17, 15) is 5.11 Å². The summed E-state index contributed by atoms with van der Waals surface area (Å²) in [6, 6.07) is 0. The van der Waals surface area contributed by atoms with Crippen LogP contribution in [0.5, 0.6) is 0 Å². The van der Waals surface area contributed by atoms with E-state index in [-0.39, 0.29) is 12.1 Å². The minimum Gasteiger partial charge on any atom is -0.394 e. The Morgan fingerprint density at radius 2 is 2.26 bits per heavy atom. The molecule has 0 atom stereocenters. The van der Waals surface area contributed by atoms with Crippen molar-refractivity contribution >= 4 is 27.4 Å². The van der Waals surface area contributed by atoms with Gasteiger partial charge in [0.2, 0.25) is 0 Å². The highest BCUT2D eigenvalue weighted by molar-refractivity contribution is 9.10. The molecule has 1 aliphatic heterocycles. The first kappa shape index (κ1) is 12.8. The van der Waals surface area contributed by atoms with Gasteiger partial charge < -0.3 is 19.6 Å². The maximum Gasteiger partial charge on any atom is 0.180 e. The lowest BCUT2D eigenvalue weighted by Gasteiger charge is -2.36. The molecular formula is C12H15BrN4O2. The largest absolute Gasteiger partial charge is 0.394 e. The van der Waals surface area contributed by atoms with Gasteiger partial charge in [0.1, 0.15) is 4.60 Å². The molecule has 2 aromatic rings. The minimum atomic E-state index is -0.377. The number of aromatic nitrogens is 3. The smallest absolute Gasteiger partial charge is 0.180 e. The molecule has 7 heteroatoms. The van der Waals surface area contributed by atoms with Crippen LogP contribution >= 0.6 is 15.9 Å². The van der Waals surface area contributed by atoms with Crippen LogP contribution in [0, 0.1) is 0 Å². The normalized spacial score (nSPS) is 18.6. The van der Waals surface area contributed by atoms with Crippen molar-refractivity contribution in [1.29, 1.82) is 0 Å². The van der Waals surface area contributed by atoms with Crippen LogP contribution in [0.25, 0.3) is 5.65 Å². The third kappa shape index (κ3) is 2.45. The summed E-state index contributed by atoms with van der Waals surface area (Å²) in [4.78, 5) is 8.73. The Bertz CT molecular complexity index is 580. The molecule has 3 heterocycles. The van der Waals surface area contributed by atoms with E-state index in [1.54, 1.807) is 6.20 Å². The summed E-state index contributed by atoms with van der Waals surface area (Å²) in [5, 5.41) is 13.1. The van der Waals surface area contributed by atoms with Gasteiger partial charge in [-0.3, -0.25) is 0 Å². The molecule has 3 rings (SSSR count). The van der Waals surface area contributed by atoms with Gasteiger partial charge in [-0.2, -0.15) is 0 Å². The number of hydrogen-bond acceptors (Lipinski definition) is 5. The molecule has 102 valence electrons. The maximum absolute atomic E-state index is 9.71. The minimum absolute atomic E-state index is 0.0530. The molecule has 0 saturated carbocycles.